The summed E-state index contributed by atoms with van der Waals surface area (Å²) in [6.07, 6.45) is -1.00. The van der Waals surface area contributed by atoms with Crippen LogP contribution in [0.1, 0.15) is 30.0 Å². The number of benzene rings is 1. The van der Waals surface area contributed by atoms with Gasteiger partial charge < -0.3 is 9.26 Å². The maximum Gasteiger partial charge on any atom is 0.412 e. The molecular weight excluding hydrogens is 244 g/mol. The lowest BCUT2D eigenvalue weighted by Crippen LogP contribution is -2.15. The maximum atomic E-state index is 11.7. The fourth-order valence-corrected chi connectivity index (χ4v) is 1.66. The molecule has 0 fully saturated rings. The number of nitrogens with one attached hydrogen (secondary N) is 1. The quantitative estimate of drug-likeness (QED) is 0.915. The summed E-state index contributed by atoms with van der Waals surface area (Å²) in [4.78, 5) is 11.7. The smallest absolute Gasteiger partial charge is 0.412 e. The van der Waals surface area contributed by atoms with Gasteiger partial charge in [-0.25, -0.2) is 4.79 Å². The highest BCUT2D eigenvalue weighted by atomic mass is 16.6. The fraction of sp³-hybridized carbons (Fsp3) is 0.286. The SMILES string of the molecule is Cc1cccc(NC(=O)OC(C)c2cc(C)no2)c1. The normalized spacial score (nSPS) is 11.9. The van der Waals surface area contributed by atoms with E-state index in [9.17, 15) is 4.79 Å². The topological polar surface area (TPSA) is 64.4 Å². The lowest BCUT2D eigenvalue weighted by Gasteiger charge is -2.11. The highest BCUT2D eigenvalue weighted by molar-refractivity contribution is 5.84. The van der Waals surface area contributed by atoms with Gasteiger partial charge >= 0.3 is 6.09 Å². The summed E-state index contributed by atoms with van der Waals surface area (Å²) >= 11 is 0. The Morgan fingerprint density at radius 1 is 1.37 bits per heavy atom. The Hall–Kier alpha value is -2.30. The summed E-state index contributed by atoms with van der Waals surface area (Å²) in [5.74, 6) is 0.525. The minimum absolute atomic E-state index is 0.481. The van der Waals surface area contributed by atoms with Crippen LogP contribution >= 0.6 is 0 Å². The summed E-state index contributed by atoms with van der Waals surface area (Å²) < 4.78 is 10.3. The van der Waals surface area contributed by atoms with E-state index in [1.807, 2.05) is 32.0 Å². The molecule has 5 heteroatoms. The van der Waals surface area contributed by atoms with Crippen LogP contribution in [-0.4, -0.2) is 11.2 Å². The van der Waals surface area contributed by atoms with Crippen molar-refractivity contribution in [3.05, 3.63) is 47.3 Å². The molecule has 1 atom stereocenters. The zero-order valence-electron chi connectivity index (χ0n) is 11.1. The van der Waals surface area contributed by atoms with Crippen molar-refractivity contribution < 1.29 is 14.1 Å². The molecule has 100 valence electrons. The highest BCUT2D eigenvalue weighted by Crippen LogP contribution is 2.18. The van der Waals surface area contributed by atoms with E-state index in [1.54, 1.807) is 19.1 Å². The number of hydrogen-bond donors (Lipinski definition) is 1. The first-order valence-electron chi connectivity index (χ1n) is 6.02. The predicted octanol–water partition coefficient (Wildman–Crippen LogP) is 3.60. The molecule has 0 bridgehead atoms. The van der Waals surface area contributed by atoms with Crippen molar-refractivity contribution in [2.45, 2.75) is 26.9 Å². The molecule has 1 amide bonds. The molecule has 1 aromatic carbocycles. The van der Waals surface area contributed by atoms with Crippen LogP contribution in [-0.2, 0) is 4.74 Å². The fourth-order valence-electron chi connectivity index (χ4n) is 1.66. The van der Waals surface area contributed by atoms with E-state index in [4.69, 9.17) is 9.26 Å². The number of anilines is 1. The second kappa shape index (κ2) is 5.56. The van der Waals surface area contributed by atoms with Crippen molar-refractivity contribution in [2.75, 3.05) is 5.32 Å². The summed E-state index contributed by atoms with van der Waals surface area (Å²) in [5.41, 5.74) is 2.52. The van der Waals surface area contributed by atoms with Gasteiger partial charge in [0.25, 0.3) is 0 Å². The number of aromatic nitrogens is 1. The average Bonchev–Trinajstić information content (AvgIpc) is 2.75. The molecule has 5 nitrogen and oxygen atoms in total. The molecule has 1 heterocycles. The number of rotatable bonds is 3. The van der Waals surface area contributed by atoms with E-state index < -0.39 is 12.2 Å². The Bertz CT molecular complexity index is 578. The Labute approximate surface area is 111 Å². The first-order chi connectivity index (χ1) is 9.04. The summed E-state index contributed by atoms with van der Waals surface area (Å²) in [6, 6.07) is 9.23. The van der Waals surface area contributed by atoms with Crippen LogP contribution in [0, 0.1) is 13.8 Å². The predicted molar refractivity (Wildman–Crippen MR) is 70.9 cm³/mol. The van der Waals surface area contributed by atoms with Gasteiger partial charge in [0.05, 0.1) is 5.69 Å². The standard InChI is InChI=1S/C14H16N2O3/c1-9-5-4-6-12(7-9)15-14(17)18-11(3)13-8-10(2)16-19-13/h4-8,11H,1-3H3,(H,15,17). The Kier molecular flexibility index (Phi) is 3.85. The molecule has 0 radical (unpaired) electrons. The lowest BCUT2D eigenvalue weighted by molar-refractivity contribution is 0.103. The van der Waals surface area contributed by atoms with E-state index >= 15 is 0 Å². The van der Waals surface area contributed by atoms with E-state index in [2.05, 4.69) is 10.5 Å². The van der Waals surface area contributed by atoms with Gasteiger partial charge in [-0.3, -0.25) is 5.32 Å². The summed E-state index contributed by atoms with van der Waals surface area (Å²) in [5, 5.41) is 6.42. The van der Waals surface area contributed by atoms with Crippen molar-refractivity contribution in [1.82, 2.24) is 5.16 Å². The summed E-state index contributed by atoms with van der Waals surface area (Å²) in [7, 11) is 0. The molecule has 1 aromatic heterocycles. The van der Waals surface area contributed by atoms with E-state index in [0.29, 0.717) is 11.4 Å². The second-order valence-electron chi connectivity index (χ2n) is 4.41. The van der Waals surface area contributed by atoms with Crippen LogP contribution in [0.15, 0.2) is 34.9 Å². The third-order valence-electron chi connectivity index (χ3n) is 2.60. The molecule has 0 aliphatic rings. The monoisotopic (exact) mass is 260 g/mol. The highest BCUT2D eigenvalue weighted by Gasteiger charge is 2.15. The van der Waals surface area contributed by atoms with Crippen LogP contribution in [0.4, 0.5) is 10.5 Å². The number of carbonyl (C=O) groups is 1. The molecular formula is C14H16N2O3. The number of hydrogen-bond acceptors (Lipinski definition) is 4. The molecule has 0 aliphatic heterocycles. The number of aryl methyl sites for hydroxylation is 2. The first-order valence-corrected chi connectivity index (χ1v) is 6.02. The van der Waals surface area contributed by atoms with Gasteiger partial charge in [-0.15, -0.1) is 0 Å². The lowest BCUT2D eigenvalue weighted by atomic mass is 10.2. The number of carbonyl (C=O) groups excluding carboxylic acids is 1. The van der Waals surface area contributed by atoms with Crippen LogP contribution in [0.3, 0.4) is 0 Å². The second-order valence-corrected chi connectivity index (χ2v) is 4.41. The molecule has 2 aromatic rings. The minimum Gasteiger partial charge on any atom is -0.438 e. The molecule has 19 heavy (non-hydrogen) atoms. The van der Waals surface area contributed by atoms with Crippen molar-refractivity contribution in [3.8, 4) is 0 Å². The van der Waals surface area contributed by atoms with Crippen LogP contribution in [0.2, 0.25) is 0 Å². The molecule has 0 saturated heterocycles. The number of nitrogens with zero attached hydrogens (tertiary/aromatic N) is 1. The largest absolute Gasteiger partial charge is 0.438 e. The van der Waals surface area contributed by atoms with Gasteiger partial charge in [0.1, 0.15) is 0 Å². The zero-order valence-corrected chi connectivity index (χ0v) is 11.1. The number of amides is 1. The third-order valence-corrected chi connectivity index (χ3v) is 2.60. The molecule has 0 aliphatic carbocycles. The van der Waals surface area contributed by atoms with Gasteiger partial charge in [0, 0.05) is 11.8 Å². The van der Waals surface area contributed by atoms with Gasteiger partial charge in [0.15, 0.2) is 11.9 Å². The third kappa shape index (κ3) is 3.58. The van der Waals surface area contributed by atoms with E-state index in [-0.39, 0.29) is 0 Å². The van der Waals surface area contributed by atoms with Crippen molar-refractivity contribution >= 4 is 11.8 Å². The van der Waals surface area contributed by atoms with Gasteiger partial charge in [0.2, 0.25) is 0 Å². The zero-order chi connectivity index (χ0) is 13.8. The molecule has 0 spiro atoms. The average molecular weight is 260 g/mol. The van der Waals surface area contributed by atoms with E-state index in [0.717, 1.165) is 11.3 Å². The Morgan fingerprint density at radius 3 is 2.79 bits per heavy atom. The van der Waals surface area contributed by atoms with Crippen LogP contribution < -0.4 is 5.32 Å². The van der Waals surface area contributed by atoms with Crippen molar-refractivity contribution in [2.24, 2.45) is 0 Å². The molecule has 2 rings (SSSR count). The summed E-state index contributed by atoms with van der Waals surface area (Å²) in [6.45, 7) is 5.50. The van der Waals surface area contributed by atoms with E-state index in [1.165, 1.54) is 0 Å². The maximum absolute atomic E-state index is 11.7. The molecule has 0 saturated carbocycles. The van der Waals surface area contributed by atoms with Crippen molar-refractivity contribution in [3.63, 3.8) is 0 Å². The first kappa shape index (κ1) is 13.1. The van der Waals surface area contributed by atoms with Crippen LogP contribution in [0.25, 0.3) is 0 Å². The Balaban J connectivity index is 1.94. The minimum atomic E-state index is -0.521. The van der Waals surface area contributed by atoms with Crippen LogP contribution in [0.5, 0.6) is 0 Å². The molecule has 1 unspecified atom stereocenters. The van der Waals surface area contributed by atoms with Crippen molar-refractivity contribution in [1.29, 1.82) is 0 Å². The van der Waals surface area contributed by atoms with Gasteiger partial charge in [-0.2, -0.15) is 0 Å². The number of ether oxygens (including phenoxy) is 1. The van der Waals surface area contributed by atoms with Gasteiger partial charge in [-0.05, 0) is 38.5 Å². The Morgan fingerprint density at radius 2 is 2.16 bits per heavy atom. The molecule has 1 N–H and O–H groups in total. The van der Waals surface area contributed by atoms with Gasteiger partial charge in [-0.1, -0.05) is 17.3 Å².